The number of amides is 1. The van der Waals surface area contributed by atoms with Gasteiger partial charge in [-0.3, -0.25) is 4.79 Å². The van der Waals surface area contributed by atoms with Gasteiger partial charge in [-0.15, -0.1) is 0 Å². The predicted molar refractivity (Wildman–Crippen MR) is 125 cm³/mol. The second-order valence-corrected chi connectivity index (χ2v) is 10.5. The van der Waals surface area contributed by atoms with Crippen LogP contribution >= 0.6 is 0 Å². The molecule has 0 aliphatic carbocycles. The van der Waals surface area contributed by atoms with E-state index in [4.69, 9.17) is 0 Å². The van der Waals surface area contributed by atoms with Gasteiger partial charge >= 0.3 is 0 Å². The molecule has 2 fully saturated rings. The molecule has 2 atom stereocenters. The topological polar surface area (TPSA) is 23.6 Å². The lowest BCUT2D eigenvalue weighted by atomic mass is 9.71. The standard InChI is InChI=1S/C26H50N2O/c1-5-8-11-14-17-24(16-13-10-7-3)25(29)28-21-26(22-28)19-27(20-26)18-23(4)15-12-9-6-2/h23-24H,5-22H2,1-4H3. The van der Waals surface area contributed by atoms with Crippen LogP contribution in [-0.4, -0.2) is 48.4 Å². The van der Waals surface area contributed by atoms with Crippen molar-refractivity contribution in [3.8, 4) is 0 Å². The van der Waals surface area contributed by atoms with E-state index in [9.17, 15) is 4.79 Å². The first kappa shape index (κ1) is 24.7. The molecular weight excluding hydrogens is 356 g/mol. The highest BCUT2D eigenvalue weighted by molar-refractivity contribution is 5.80. The SMILES string of the molecule is CCCCCCC(CCCCC)C(=O)N1CC2(CN(CC(C)CCCCC)C2)C1. The minimum absolute atomic E-state index is 0.297. The van der Waals surface area contributed by atoms with Gasteiger partial charge in [0.1, 0.15) is 0 Å². The van der Waals surface area contributed by atoms with Gasteiger partial charge in [0.05, 0.1) is 0 Å². The maximum absolute atomic E-state index is 13.1. The Hall–Kier alpha value is -0.570. The van der Waals surface area contributed by atoms with E-state index in [1.807, 2.05) is 0 Å². The molecule has 2 rings (SSSR count). The maximum atomic E-state index is 13.1. The highest BCUT2D eigenvalue weighted by Gasteiger charge is 2.53. The predicted octanol–water partition coefficient (Wildman–Crippen LogP) is 6.51. The number of hydrogen-bond donors (Lipinski definition) is 0. The van der Waals surface area contributed by atoms with Crippen molar-refractivity contribution in [3.63, 3.8) is 0 Å². The molecular formula is C26H50N2O. The highest BCUT2D eigenvalue weighted by atomic mass is 16.2. The molecule has 3 nitrogen and oxygen atoms in total. The minimum atomic E-state index is 0.297. The number of carbonyl (C=O) groups is 1. The molecule has 0 aromatic rings. The highest BCUT2D eigenvalue weighted by Crippen LogP contribution is 2.41. The molecule has 29 heavy (non-hydrogen) atoms. The van der Waals surface area contributed by atoms with E-state index in [0.717, 1.165) is 31.8 Å². The summed E-state index contributed by atoms with van der Waals surface area (Å²) in [4.78, 5) is 18.0. The summed E-state index contributed by atoms with van der Waals surface area (Å²) < 4.78 is 0. The molecule has 2 heterocycles. The minimum Gasteiger partial charge on any atom is -0.341 e. The molecule has 170 valence electrons. The Morgan fingerprint density at radius 1 is 0.759 bits per heavy atom. The third-order valence-electron chi connectivity index (χ3n) is 7.26. The van der Waals surface area contributed by atoms with Crippen molar-refractivity contribution in [2.24, 2.45) is 17.3 Å². The van der Waals surface area contributed by atoms with E-state index in [1.165, 1.54) is 90.3 Å². The molecule has 0 N–H and O–H groups in total. The van der Waals surface area contributed by atoms with Crippen LogP contribution in [0, 0.1) is 17.3 Å². The monoisotopic (exact) mass is 406 g/mol. The summed E-state index contributed by atoms with van der Waals surface area (Å²) in [6, 6.07) is 0. The number of hydrogen-bond acceptors (Lipinski definition) is 2. The fourth-order valence-electron chi connectivity index (χ4n) is 5.53. The summed E-state index contributed by atoms with van der Waals surface area (Å²) >= 11 is 0. The molecule has 2 saturated heterocycles. The van der Waals surface area contributed by atoms with E-state index in [-0.39, 0.29) is 0 Å². The number of likely N-dealkylation sites (tertiary alicyclic amines) is 2. The smallest absolute Gasteiger partial charge is 0.225 e. The first-order valence-electron chi connectivity index (χ1n) is 13.0. The summed E-state index contributed by atoms with van der Waals surface area (Å²) in [6.45, 7) is 15.0. The largest absolute Gasteiger partial charge is 0.341 e. The summed E-state index contributed by atoms with van der Waals surface area (Å²) in [6.07, 6.45) is 16.6. The summed E-state index contributed by atoms with van der Waals surface area (Å²) in [5, 5.41) is 0. The van der Waals surface area contributed by atoms with E-state index < -0.39 is 0 Å². The maximum Gasteiger partial charge on any atom is 0.225 e. The molecule has 0 saturated carbocycles. The average molecular weight is 407 g/mol. The second kappa shape index (κ2) is 13.0. The number of rotatable bonds is 16. The summed E-state index contributed by atoms with van der Waals surface area (Å²) in [5.74, 6) is 1.60. The van der Waals surface area contributed by atoms with E-state index in [2.05, 4.69) is 37.5 Å². The fraction of sp³-hybridized carbons (Fsp3) is 0.962. The lowest BCUT2D eigenvalue weighted by Crippen LogP contribution is -2.73. The van der Waals surface area contributed by atoms with Crippen molar-refractivity contribution in [3.05, 3.63) is 0 Å². The zero-order valence-electron chi connectivity index (χ0n) is 20.2. The number of unbranched alkanes of at least 4 members (excludes halogenated alkanes) is 7. The van der Waals surface area contributed by atoms with Gasteiger partial charge in [0.2, 0.25) is 5.91 Å². The van der Waals surface area contributed by atoms with Crippen LogP contribution in [-0.2, 0) is 4.79 Å². The zero-order chi connectivity index (χ0) is 21.1. The van der Waals surface area contributed by atoms with Crippen molar-refractivity contribution in [2.45, 2.75) is 111 Å². The molecule has 0 radical (unpaired) electrons. The molecule has 2 unspecified atom stereocenters. The van der Waals surface area contributed by atoms with Gasteiger partial charge in [0, 0.05) is 44.1 Å². The van der Waals surface area contributed by atoms with Crippen LogP contribution in [0.4, 0.5) is 0 Å². The van der Waals surface area contributed by atoms with Crippen molar-refractivity contribution >= 4 is 5.91 Å². The van der Waals surface area contributed by atoms with Crippen LogP contribution in [0.2, 0.25) is 0 Å². The molecule has 3 heteroatoms. The van der Waals surface area contributed by atoms with Gasteiger partial charge in [-0.1, -0.05) is 91.9 Å². The Bertz CT molecular complexity index is 450. The Morgan fingerprint density at radius 3 is 1.86 bits per heavy atom. The van der Waals surface area contributed by atoms with Crippen molar-refractivity contribution in [2.75, 3.05) is 32.7 Å². The van der Waals surface area contributed by atoms with Gasteiger partial charge in [-0.05, 0) is 25.2 Å². The van der Waals surface area contributed by atoms with Gasteiger partial charge < -0.3 is 9.80 Å². The molecule has 1 spiro atoms. The molecule has 0 aromatic heterocycles. The average Bonchev–Trinajstić information content (AvgIpc) is 2.64. The van der Waals surface area contributed by atoms with Gasteiger partial charge in [0.25, 0.3) is 0 Å². The van der Waals surface area contributed by atoms with E-state index in [1.54, 1.807) is 0 Å². The van der Waals surface area contributed by atoms with E-state index in [0.29, 0.717) is 17.2 Å². The van der Waals surface area contributed by atoms with Crippen LogP contribution in [0.3, 0.4) is 0 Å². The van der Waals surface area contributed by atoms with Gasteiger partial charge in [0.15, 0.2) is 0 Å². The summed E-state index contributed by atoms with van der Waals surface area (Å²) in [5.41, 5.74) is 0.453. The van der Waals surface area contributed by atoms with Crippen LogP contribution in [0.5, 0.6) is 0 Å². The molecule has 1 amide bonds. The number of nitrogens with zero attached hydrogens (tertiary/aromatic N) is 2. The lowest BCUT2D eigenvalue weighted by Gasteiger charge is -2.61. The van der Waals surface area contributed by atoms with E-state index >= 15 is 0 Å². The lowest BCUT2D eigenvalue weighted by molar-refractivity contribution is -0.164. The third kappa shape index (κ3) is 7.89. The Labute approximate surface area is 182 Å². The van der Waals surface area contributed by atoms with Crippen LogP contribution in [0.1, 0.15) is 111 Å². The van der Waals surface area contributed by atoms with Crippen LogP contribution in [0.25, 0.3) is 0 Å². The Morgan fingerprint density at radius 2 is 1.28 bits per heavy atom. The first-order chi connectivity index (χ1) is 14.0. The molecule has 0 bridgehead atoms. The first-order valence-corrected chi connectivity index (χ1v) is 13.0. The Kier molecular flexibility index (Phi) is 11.0. The normalized spacial score (nSPS) is 20.3. The van der Waals surface area contributed by atoms with Crippen LogP contribution < -0.4 is 0 Å². The van der Waals surface area contributed by atoms with Crippen LogP contribution in [0.15, 0.2) is 0 Å². The fourth-order valence-corrected chi connectivity index (χ4v) is 5.53. The molecule has 0 aromatic carbocycles. The van der Waals surface area contributed by atoms with Crippen molar-refractivity contribution in [1.82, 2.24) is 9.80 Å². The third-order valence-corrected chi connectivity index (χ3v) is 7.26. The zero-order valence-corrected chi connectivity index (χ0v) is 20.2. The molecule has 2 aliphatic rings. The molecule has 2 aliphatic heterocycles. The van der Waals surface area contributed by atoms with Gasteiger partial charge in [-0.2, -0.15) is 0 Å². The number of carbonyl (C=O) groups excluding carboxylic acids is 1. The van der Waals surface area contributed by atoms with Crippen molar-refractivity contribution in [1.29, 1.82) is 0 Å². The van der Waals surface area contributed by atoms with Gasteiger partial charge in [-0.25, -0.2) is 0 Å². The summed E-state index contributed by atoms with van der Waals surface area (Å²) in [7, 11) is 0. The quantitative estimate of drug-likeness (QED) is 0.273. The Balaban J connectivity index is 1.68. The second-order valence-electron chi connectivity index (χ2n) is 10.5. The van der Waals surface area contributed by atoms with Crippen molar-refractivity contribution < 1.29 is 4.79 Å².